The van der Waals surface area contributed by atoms with Crippen molar-refractivity contribution in [1.82, 2.24) is 5.32 Å². The molecule has 0 bridgehead atoms. The number of halogens is 1. The van der Waals surface area contributed by atoms with Crippen LogP contribution in [-0.4, -0.2) is 30.6 Å². The molecular formula is C17H17ClN2O5. The first-order valence-electron chi connectivity index (χ1n) is 7.42. The number of carbonyl (C=O) groups is 1. The normalized spacial score (nSPS) is 11.6. The molecule has 0 aliphatic rings. The molecule has 0 fully saturated rings. The average molecular weight is 365 g/mol. The summed E-state index contributed by atoms with van der Waals surface area (Å²) < 4.78 is 10.5. The van der Waals surface area contributed by atoms with Gasteiger partial charge in [0.1, 0.15) is 5.75 Å². The van der Waals surface area contributed by atoms with Crippen LogP contribution in [0.15, 0.2) is 42.5 Å². The van der Waals surface area contributed by atoms with Crippen molar-refractivity contribution in [2.24, 2.45) is 0 Å². The van der Waals surface area contributed by atoms with Crippen molar-refractivity contribution in [3.8, 4) is 11.5 Å². The Labute approximate surface area is 149 Å². The number of rotatable bonds is 7. The van der Waals surface area contributed by atoms with Crippen LogP contribution >= 0.6 is 11.6 Å². The lowest BCUT2D eigenvalue weighted by molar-refractivity contribution is -0.385. The van der Waals surface area contributed by atoms with Crippen LogP contribution in [0.5, 0.6) is 11.5 Å². The summed E-state index contributed by atoms with van der Waals surface area (Å²) in [4.78, 5) is 22.6. The zero-order valence-electron chi connectivity index (χ0n) is 13.7. The van der Waals surface area contributed by atoms with Gasteiger partial charge in [-0.25, -0.2) is 0 Å². The topological polar surface area (TPSA) is 90.7 Å². The largest absolute Gasteiger partial charge is 0.450 e. The summed E-state index contributed by atoms with van der Waals surface area (Å²) in [5, 5.41) is 14.1. The van der Waals surface area contributed by atoms with E-state index in [1.165, 1.54) is 18.2 Å². The van der Waals surface area contributed by atoms with E-state index in [1.807, 2.05) is 6.92 Å². The molecule has 0 aromatic heterocycles. The van der Waals surface area contributed by atoms with Crippen LogP contribution < -0.4 is 10.1 Å². The molecule has 0 radical (unpaired) electrons. The van der Waals surface area contributed by atoms with Gasteiger partial charge in [0.25, 0.3) is 5.91 Å². The highest BCUT2D eigenvalue weighted by Crippen LogP contribution is 2.33. The molecule has 1 amide bonds. The molecule has 0 spiro atoms. The molecule has 2 aromatic carbocycles. The maximum atomic E-state index is 12.1. The lowest BCUT2D eigenvalue weighted by Crippen LogP contribution is -2.35. The van der Waals surface area contributed by atoms with Gasteiger partial charge in [-0.2, -0.15) is 0 Å². The Morgan fingerprint density at radius 3 is 2.56 bits per heavy atom. The minimum absolute atomic E-state index is 0.0697. The molecule has 0 aliphatic carbocycles. The van der Waals surface area contributed by atoms with Gasteiger partial charge in [0.05, 0.1) is 11.5 Å². The van der Waals surface area contributed by atoms with Crippen molar-refractivity contribution in [3.63, 3.8) is 0 Å². The second kappa shape index (κ2) is 8.46. The van der Waals surface area contributed by atoms with Crippen molar-refractivity contribution in [1.29, 1.82) is 0 Å². The van der Waals surface area contributed by atoms with E-state index in [2.05, 4.69) is 5.32 Å². The fourth-order valence-corrected chi connectivity index (χ4v) is 2.29. The summed E-state index contributed by atoms with van der Waals surface area (Å²) in [6.07, 6.45) is 0. The molecular weight excluding hydrogens is 348 g/mol. The SMILES string of the molecule is COC[C@H](C)NC(=O)c1ccc(Oc2ccc(Cl)cc2[N+](=O)[O-])cc1. The number of nitrogens with one attached hydrogen (secondary N) is 1. The molecule has 1 N–H and O–H groups in total. The Morgan fingerprint density at radius 1 is 1.28 bits per heavy atom. The average Bonchev–Trinajstić information content (AvgIpc) is 2.57. The molecule has 2 aromatic rings. The van der Waals surface area contributed by atoms with Gasteiger partial charge in [0, 0.05) is 29.8 Å². The van der Waals surface area contributed by atoms with Crippen molar-refractivity contribution in [3.05, 3.63) is 63.2 Å². The van der Waals surface area contributed by atoms with E-state index in [4.69, 9.17) is 21.1 Å². The lowest BCUT2D eigenvalue weighted by atomic mass is 10.2. The zero-order valence-corrected chi connectivity index (χ0v) is 14.4. The van der Waals surface area contributed by atoms with E-state index >= 15 is 0 Å². The quantitative estimate of drug-likeness (QED) is 0.596. The summed E-state index contributed by atoms with van der Waals surface area (Å²) in [5.41, 5.74) is 0.212. The van der Waals surface area contributed by atoms with Crippen LogP contribution in [-0.2, 0) is 4.74 Å². The maximum Gasteiger partial charge on any atom is 0.313 e. The number of hydrogen-bond acceptors (Lipinski definition) is 5. The first kappa shape index (κ1) is 18.7. The predicted octanol–water partition coefficient (Wildman–Crippen LogP) is 3.81. The summed E-state index contributed by atoms with van der Waals surface area (Å²) in [5.74, 6) is 0.195. The number of carbonyl (C=O) groups excluding carboxylic acids is 1. The minimum Gasteiger partial charge on any atom is -0.450 e. The van der Waals surface area contributed by atoms with Crippen LogP contribution in [0.1, 0.15) is 17.3 Å². The van der Waals surface area contributed by atoms with Crippen molar-refractivity contribution in [2.75, 3.05) is 13.7 Å². The first-order chi connectivity index (χ1) is 11.9. The van der Waals surface area contributed by atoms with Gasteiger partial charge in [-0.05, 0) is 43.3 Å². The van der Waals surface area contributed by atoms with Gasteiger partial charge in [0.15, 0.2) is 0 Å². The van der Waals surface area contributed by atoms with E-state index in [1.54, 1.807) is 31.4 Å². The number of methoxy groups -OCH3 is 1. The Morgan fingerprint density at radius 2 is 1.96 bits per heavy atom. The highest BCUT2D eigenvalue weighted by atomic mass is 35.5. The molecule has 8 heteroatoms. The smallest absolute Gasteiger partial charge is 0.313 e. The van der Waals surface area contributed by atoms with Crippen LogP contribution in [0.4, 0.5) is 5.69 Å². The number of hydrogen-bond donors (Lipinski definition) is 1. The Hall–Kier alpha value is -2.64. The number of nitro benzene ring substituents is 1. The maximum absolute atomic E-state index is 12.1. The molecule has 132 valence electrons. The third-order valence-corrected chi connectivity index (χ3v) is 3.49. The number of amides is 1. The molecule has 0 unspecified atom stereocenters. The van der Waals surface area contributed by atoms with E-state index in [0.29, 0.717) is 17.9 Å². The van der Waals surface area contributed by atoms with Crippen molar-refractivity contribution >= 4 is 23.2 Å². The molecule has 7 nitrogen and oxygen atoms in total. The van der Waals surface area contributed by atoms with Gasteiger partial charge in [-0.3, -0.25) is 14.9 Å². The summed E-state index contributed by atoms with van der Waals surface area (Å²) in [6.45, 7) is 2.24. The Kier molecular flexibility index (Phi) is 6.32. The molecule has 0 saturated carbocycles. The second-order valence-corrected chi connectivity index (χ2v) is 5.76. The van der Waals surface area contributed by atoms with E-state index in [-0.39, 0.29) is 28.4 Å². The van der Waals surface area contributed by atoms with Crippen LogP contribution in [0.3, 0.4) is 0 Å². The predicted molar refractivity (Wildman–Crippen MR) is 93.4 cm³/mol. The summed E-state index contributed by atoms with van der Waals surface area (Å²) >= 11 is 5.77. The van der Waals surface area contributed by atoms with E-state index in [0.717, 1.165) is 0 Å². The highest BCUT2D eigenvalue weighted by molar-refractivity contribution is 6.30. The highest BCUT2D eigenvalue weighted by Gasteiger charge is 2.17. The van der Waals surface area contributed by atoms with Gasteiger partial charge in [-0.1, -0.05) is 11.6 Å². The molecule has 0 heterocycles. The number of nitrogens with zero attached hydrogens (tertiary/aromatic N) is 1. The van der Waals surface area contributed by atoms with E-state index in [9.17, 15) is 14.9 Å². The standard InChI is InChI=1S/C17H17ClN2O5/c1-11(10-24-2)19-17(21)12-3-6-14(7-4-12)25-16-8-5-13(18)9-15(16)20(22)23/h3-9,11H,10H2,1-2H3,(H,19,21)/t11-/m0/s1. The molecule has 2 rings (SSSR count). The Bertz CT molecular complexity index is 764. The number of nitro groups is 1. The third kappa shape index (κ3) is 5.17. The van der Waals surface area contributed by atoms with Crippen LogP contribution in [0.25, 0.3) is 0 Å². The van der Waals surface area contributed by atoms with Crippen LogP contribution in [0, 0.1) is 10.1 Å². The fraction of sp³-hybridized carbons (Fsp3) is 0.235. The summed E-state index contributed by atoms with van der Waals surface area (Å²) in [6, 6.07) is 10.3. The van der Waals surface area contributed by atoms with Gasteiger partial charge in [0.2, 0.25) is 5.75 Å². The minimum atomic E-state index is -0.569. The number of ether oxygens (including phenoxy) is 2. The lowest BCUT2D eigenvalue weighted by Gasteiger charge is -2.13. The van der Waals surface area contributed by atoms with E-state index < -0.39 is 4.92 Å². The molecule has 1 atom stereocenters. The fourth-order valence-electron chi connectivity index (χ4n) is 2.12. The van der Waals surface area contributed by atoms with Gasteiger partial charge in [-0.15, -0.1) is 0 Å². The molecule has 25 heavy (non-hydrogen) atoms. The second-order valence-electron chi connectivity index (χ2n) is 5.33. The van der Waals surface area contributed by atoms with Gasteiger partial charge >= 0.3 is 5.69 Å². The van der Waals surface area contributed by atoms with Crippen molar-refractivity contribution in [2.45, 2.75) is 13.0 Å². The number of benzene rings is 2. The van der Waals surface area contributed by atoms with Crippen LogP contribution in [0.2, 0.25) is 5.02 Å². The Balaban J connectivity index is 2.11. The van der Waals surface area contributed by atoms with Gasteiger partial charge < -0.3 is 14.8 Å². The molecule has 0 saturated heterocycles. The monoisotopic (exact) mass is 364 g/mol. The third-order valence-electron chi connectivity index (χ3n) is 3.26. The van der Waals surface area contributed by atoms with Crippen molar-refractivity contribution < 1.29 is 19.2 Å². The first-order valence-corrected chi connectivity index (χ1v) is 7.80. The zero-order chi connectivity index (χ0) is 18.4. The summed E-state index contributed by atoms with van der Waals surface area (Å²) in [7, 11) is 1.56. The molecule has 0 aliphatic heterocycles.